The molecule has 0 heterocycles. The molecule has 0 aromatic carbocycles. The summed E-state index contributed by atoms with van der Waals surface area (Å²) in [6, 6.07) is -0.684. The van der Waals surface area contributed by atoms with Crippen molar-refractivity contribution in [3.05, 3.63) is 0 Å². The molecule has 0 aromatic heterocycles. The lowest BCUT2D eigenvalue weighted by Crippen LogP contribution is -2.45. The number of carbonyl (C=O) groups is 3. The molecule has 0 aromatic rings. The first kappa shape index (κ1) is 44.1. The number of nitrogens with one attached hydrogen (secondary N) is 2. The van der Waals surface area contributed by atoms with Gasteiger partial charge in [-0.25, -0.2) is 0 Å². The molecule has 0 saturated heterocycles. The Balaban J connectivity index is 4.07. The number of Topliss-reactive ketones (excluding diaryl/α,β-unsaturated/α-hetero) is 1. The van der Waals surface area contributed by atoms with Gasteiger partial charge < -0.3 is 71.2 Å². The van der Waals surface area contributed by atoms with E-state index in [2.05, 4.69) is 10.6 Å². The van der Waals surface area contributed by atoms with Crippen molar-refractivity contribution in [3.8, 4) is 0 Å². The van der Waals surface area contributed by atoms with Crippen molar-refractivity contribution in [1.82, 2.24) is 10.6 Å². The molecule has 0 aliphatic rings. The Morgan fingerprint density at radius 3 is 1.48 bits per heavy atom. The first-order chi connectivity index (χ1) is 21.8. The van der Waals surface area contributed by atoms with Crippen molar-refractivity contribution >= 4 is 17.6 Å². The van der Waals surface area contributed by atoms with Gasteiger partial charge in [-0.1, -0.05) is 0 Å². The third kappa shape index (κ3) is 19.7. The summed E-state index contributed by atoms with van der Waals surface area (Å²) in [4.78, 5) is 36.3. The summed E-state index contributed by atoms with van der Waals surface area (Å²) in [5, 5.41) is 101. The minimum atomic E-state index is -1.79. The van der Waals surface area contributed by atoms with Gasteiger partial charge in [0.1, 0.15) is 24.4 Å². The summed E-state index contributed by atoms with van der Waals surface area (Å²) >= 11 is 0. The molecule has 0 rings (SSSR count). The van der Waals surface area contributed by atoms with Crippen LogP contribution in [0.15, 0.2) is 0 Å². The Morgan fingerprint density at radius 1 is 0.587 bits per heavy atom. The van der Waals surface area contributed by atoms with Crippen LogP contribution in [0.4, 0.5) is 0 Å². The van der Waals surface area contributed by atoms with Gasteiger partial charge in [0, 0.05) is 45.8 Å². The standard InChI is InChI=1S/C29H56N2O15/c1-18(34)19(31-23(38)10-4-7-17-46-29(44)27(42)25(40)21(36)12-15-33)8-2-5-13-30-22(37)9-3-6-16-45-28(43)26(41)24(39)20(35)11-14-32/h19-21,24-29,32-33,35-36,39-44H,2-17H2,1H3,(H,30,37)(H,31,38)/t19-,20-,21?,24?,25?,26?,27?,28?,29?/m0/s1. The highest BCUT2D eigenvalue weighted by molar-refractivity contribution is 5.87. The lowest BCUT2D eigenvalue weighted by Gasteiger charge is -2.26. The first-order valence-electron chi connectivity index (χ1n) is 15.7. The molecule has 0 spiro atoms. The maximum Gasteiger partial charge on any atom is 0.220 e. The van der Waals surface area contributed by atoms with E-state index in [1.807, 2.05) is 0 Å². The Bertz CT molecular complexity index is 824. The van der Waals surface area contributed by atoms with E-state index >= 15 is 0 Å². The fourth-order valence-corrected chi connectivity index (χ4v) is 4.21. The Labute approximate surface area is 269 Å². The lowest BCUT2D eigenvalue weighted by molar-refractivity contribution is -0.203. The Kier molecular flexibility index (Phi) is 25.1. The molecule has 46 heavy (non-hydrogen) atoms. The van der Waals surface area contributed by atoms with Crippen molar-refractivity contribution in [2.75, 3.05) is 33.0 Å². The number of aliphatic hydroxyl groups excluding tert-OH is 10. The first-order valence-corrected chi connectivity index (χ1v) is 15.7. The third-order valence-corrected chi connectivity index (χ3v) is 7.16. The predicted molar refractivity (Wildman–Crippen MR) is 161 cm³/mol. The van der Waals surface area contributed by atoms with Crippen molar-refractivity contribution in [2.45, 2.75) is 133 Å². The van der Waals surface area contributed by atoms with Gasteiger partial charge in [-0.2, -0.15) is 0 Å². The van der Waals surface area contributed by atoms with Crippen LogP contribution < -0.4 is 10.6 Å². The maximum absolute atomic E-state index is 12.3. The number of hydrogen-bond acceptors (Lipinski definition) is 15. The van der Waals surface area contributed by atoms with Crippen LogP contribution in [0.3, 0.4) is 0 Å². The molecule has 17 nitrogen and oxygen atoms in total. The molecule has 272 valence electrons. The number of carbonyl (C=O) groups excluding carboxylic acids is 3. The number of hydrogen-bond donors (Lipinski definition) is 12. The van der Waals surface area contributed by atoms with E-state index in [-0.39, 0.29) is 56.5 Å². The van der Waals surface area contributed by atoms with Gasteiger partial charge in [0.25, 0.3) is 0 Å². The molecule has 0 aliphatic heterocycles. The summed E-state index contributed by atoms with van der Waals surface area (Å²) < 4.78 is 10.1. The molecule has 12 N–H and O–H groups in total. The molecule has 9 atom stereocenters. The maximum atomic E-state index is 12.3. The average molecular weight is 673 g/mol. The molecule has 0 aliphatic carbocycles. The molecule has 17 heteroatoms. The van der Waals surface area contributed by atoms with Crippen LogP contribution in [-0.4, -0.2) is 157 Å². The molecule has 0 radical (unpaired) electrons. The number of amides is 2. The second kappa shape index (κ2) is 26.1. The number of aliphatic hydroxyl groups is 10. The zero-order valence-electron chi connectivity index (χ0n) is 26.5. The molecular formula is C29H56N2O15. The van der Waals surface area contributed by atoms with Gasteiger partial charge in [0.15, 0.2) is 18.4 Å². The van der Waals surface area contributed by atoms with Crippen LogP contribution >= 0.6 is 0 Å². The van der Waals surface area contributed by atoms with E-state index in [0.717, 1.165) is 0 Å². The minimum Gasteiger partial charge on any atom is -0.396 e. The molecule has 0 fully saturated rings. The molecule has 2 amide bonds. The van der Waals surface area contributed by atoms with Crippen LogP contribution in [0.25, 0.3) is 0 Å². The van der Waals surface area contributed by atoms with E-state index in [0.29, 0.717) is 51.5 Å². The van der Waals surface area contributed by atoms with Crippen molar-refractivity contribution in [3.63, 3.8) is 0 Å². The highest BCUT2D eigenvalue weighted by atomic mass is 16.6. The zero-order chi connectivity index (χ0) is 35.1. The van der Waals surface area contributed by atoms with Gasteiger partial charge in [0.2, 0.25) is 11.8 Å². The molecule has 7 unspecified atom stereocenters. The second-order valence-electron chi connectivity index (χ2n) is 11.1. The monoisotopic (exact) mass is 672 g/mol. The highest BCUT2D eigenvalue weighted by Gasteiger charge is 2.31. The zero-order valence-corrected chi connectivity index (χ0v) is 26.5. The predicted octanol–water partition coefficient (Wildman–Crippen LogP) is -3.71. The van der Waals surface area contributed by atoms with Gasteiger partial charge in [0.05, 0.1) is 18.2 Å². The third-order valence-electron chi connectivity index (χ3n) is 7.16. The largest absolute Gasteiger partial charge is 0.396 e. The molecule has 0 bridgehead atoms. The average Bonchev–Trinajstić information content (AvgIpc) is 3.01. The summed E-state index contributed by atoms with van der Waals surface area (Å²) in [5.41, 5.74) is 0. The Hall–Kier alpha value is -1.87. The fraction of sp³-hybridized carbons (Fsp3) is 0.897. The van der Waals surface area contributed by atoms with Crippen molar-refractivity contribution in [2.24, 2.45) is 0 Å². The summed E-state index contributed by atoms with van der Waals surface area (Å²) in [6.45, 7) is 0.874. The van der Waals surface area contributed by atoms with Crippen LogP contribution in [0.5, 0.6) is 0 Å². The Morgan fingerprint density at radius 2 is 1.04 bits per heavy atom. The van der Waals surface area contributed by atoms with E-state index in [9.17, 15) is 55.2 Å². The van der Waals surface area contributed by atoms with Gasteiger partial charge >= 0.3 is 0 Å². The lowest BCUT2D eigenvalue weighted by atomic mass is 10.1. The van der Waals surface area contributed by atoms with Crippen LogP contribution in [0, 0.1) is 0 Å². The second-order valence-corrected chi connectivity index (χ2v) is 11.1. The SMILES string of the molecule is CC(=O)[C@H](CCCCNC(=O)CCCCOC(O)C(O)C(O)[C@@H](O)CCO)NC(=O)CCCCOC(O)C(O)C(O)C(O)CCO. The number of ketones is 1. The van der Waals surface area contributed by atoms with Crippen LogP contribution in [-0.2, 0) is 23.9 Å². The van der Waals surface area contributed by atoms with Crippen molar-refractivity contribution in [1.29, 1.82) is 0 Å². The number of ether oxygens (including phenoxy) is 2. The normalized spacial score (nSPS) is 17.6. The van der Waals surface area contributed by atoms with Gasteiger partial charge in [-0.05, 0) is 64.7 Å². The number of rotatable bonds is 29. The van der Waals surface area contributed by atoms with Crippen LogP contribution in [0.1, 0.15) is 77.6 Å². The fourth-order valence-electron chi connectivity index (χ4n) is 4.21. The highest BCUT2D eigenvalue weighted by Crippen LogP contribution is 2.11. The molecule has 0 saturated carbocycles. The van der Waals surface area contributed by atoms with Gasteiger partial charge in [-0.15, -0.1) is 0 Å². The summed E-state index contributed by atoms with van der Waals surface area (Å²) in [6.07, 6.45) is -10.4. The quantitative estimate of drug-likeness (QED) is 0.0269. The summed E-state index contributed by atoms with van der Waals surface area (Å²) in [5.74, 6) is -0.769. The minimum absolute atomic E-state index is 0.00294. The van der Waals surface area contributed by atoms with E-state index in [1.54, 1.807) is 0 Å². The van der Waals surface area contributed by atoms with Gasteiger partial charge in [-0.3, -0.25) is 14.4 Å². The van der Waals surface area contributed by atoms with E-state index < -0.39 is 68.5 Å². The van der Waals surface area contributed by atoms with E-state index in [4.69, 9.17) is 19.7 Å². The smallest absolute Gasteiger partial charge is 0.220 e. The topological polar surface area (TPSA) is 296 Å². The van der Waals surface area contributed by atoms with Crippen molar-refractivity contribution < 1.29 is 74.9 Å². The number of unbranched alkanes of at least 4 members (excludes halogenated alkanes) is 3. The molecular weight excluding hydrogens is 616 g/mol. The van der Waals surface area contributed by atoms with E-state index in [1.165, 1.54) is 6.92 Å². The van der Waals surface area contributed by atoms with Crippen LogP contribution in [0.2, 0.25) is 0 Å². The summed E-state index contributed by atoms with van der Waals surface area (Å²) in [7, 11) is 0.